The Bertz CT molecular complexity index is 541. The molecule has 0 saturated heterocycles. The number of hydrogen-bond acceptors (Lipinski definition) is 4. The van der Waals surface area contributed by atoms with E-state index < -0.39 is 0 Å². The molecule has 0 bridgehead atoms. The summed E-state index contributed by atoms with van der Waals surface area (Å²) in [5.41, 5.74) is 5.88. The average molecular weight is 321 g/mol. The fraction of sp³-hybridized carbons (Fsp3) is 0.286. The first-order valence-electron chi connectivity index (χ1n) is 6.21. The minimum atomic E-state index is 0.704. The molecule has 2 rings (SSSR count). The van der Waals surface area contributed by atoms with Gasteiger partial charge < -0.3 is 5.43 Å². The highest BCUT2D eigenvalue weighted by Gasteiger charge is 2.09. The predicted octanol–water partition coefficient (Wildman–Crippen LogP) is 2.99. The first-order chi connectivity index (χ1) is 9.13. The molecule has 0 spiro atoms. The summed E-state index contributed by atoms with van der Waals surface area (Å²) in [5, 5.41) is 0. The van der Waals surface area contributed by atoms with E-state index in [1.165, 1.54) is 5.56 Å². The van der Waals surface area contributed by atoms with E-state index in [1.807, 2.05) is 19.1 Å². The van der Waals surface area contributed by atoms with Crippen molar-refractivity contribution < 1.29 is 0 Å². The van der Waals surface area contributed by atoms with Crippen molar-refractivity contribution in [3.63, 3.8) is 0 Å². The van der Waals surface area contributed by atoms with Crippen LogP contribution < -0.4 is 11.3 Å². The number of aromatic nitrogens is 2. The maximum absolute atomic E-state index is 5.51. The first kappa shape index (κ1) is 14.0. The van der Waals surface area contributed by atoms with Crippen molar-refractivity contribution in [2.75, 3.05) is 5.43 Å². The van der Waals surface area contributed by atoms with Crippen molar-refractivity contribution in [3.05, 3.63) is 51.4 Å². The van der Waals surface area contributed by atoms with Crippen molar-refractivity contribution >= 4 is 21.7 Å². The van der Waals surface area contributed by atoms with Crippen molar-refractivity contribution in [1.82, 2.24) is 9.97 Å². The molecule has 0 aliphatic carbocycles. The minimum Gasteiger partial charge on any atom is -0.308 e. The average Bonchev–Trinajstić information content (AvgIpc) is 2.43. The van der Waals surface area contributed by atoms with Gasteiger partial charge in [-0.2, -0.15) is 0 Å². The molecule has 3 N–H and O–H groups in total. The Morgan fingerprint density at radius 2 is 1.89 bits per heavy atom. The summed E-state index contributed by atoms with van der Waals surface area (Å²) < 4.78 is 1.07. The van der Waals surface area contributed by atoms with Gasteiger partial charge in [0.25, 0.3) is 0 Å². The van der Waals surface area contributed by atoms with Crippen LogP contribution >= 0.6 is 15.9 Å². The molecule has 1 heterocycles. The zero-order valence-corrected chi connectivity index (χ0v) is 12.7. The molecule has 0 radical (unpaired) electrons. The van der Waals surface area contributed by atoms with Crippen LogP contribution in [0.15, 0.2) is 28.7 Å². The Morgan fingerprint density at radius 3 is 2.47 bits per heavy atom. The smallest absolute Gasteiger partial charge is 0.146 e. The van der Waals surface area contributed by atoms with Crippen LogP contribution in [0.5, 0.6) is 0 Å². The Morgan fingerprint density at radius 1 is 1.21 bits per heavy atom. The molecule has 0 aliphatic heterocycles. The lowest BCUT2D eigenvalue weighted by atomic mass is 10.1. The SMILES string of the molecule is CCc1nc(Cc2ccc(Br)cc2)nc(NN)c1C. The van der Waals surface area contributed by atoms with Crippen LogP contribution in [0.25, 0.3) is 0 Å². The molecular weight excluding hydrogens is 304 g/mol. The van der Waals surface area contributed by atoms with Gasteiger partial charge in [0, 0.05) is 22.2 Å². The number of nitrogens with zero attached hydrogens (tertiary/aromatic N) is 2. The molecule has 19 heavy (non-hydrogen) atoms. The molecule has 0 aliphatic rings. The van der Waals surface area contributed by atoms with Crippen LogP contribution in [0, 0.1) is 6.92 Å². The number of nitrogen functional groups attached to an aromatic ring is 1. The molecule has 0 saturated carbocycles. The quantitative estimate of drug-likeness (QED) is 0.671. The van der Waals surface area contributed by atoms with Gasteiger partial charge in [-0.1, -0.05) is 35.0 Å². The number of hydrogen-bond donors (Lipinski definition) is 2. The number of halogens is 1. The summed E-state index contributed by atoms with van der Waals surface area (Å²) in [4.78, 5) is 9.06. The summed E-state index contributed by atoms with van der Waals surface area (Å²) in [6, 6.07) is 8.17. The van der Waals surface area contributed by atoms with E-state index >= 15 is 0 Å². The second-order valence-electron chi connectivity index (χ2n) is 4.36. The number of hydrazine groups is 1. The minimum absolute atomic E-state index is 0.704. The fourth-order valence-electron chi connectivity index (χ4n) is 1.96. The predicted molar refractivity (Wildman–Crippen MR) is 80.9 cm³/mol. The van der Waals surface area contributed by atoms with Crippen molar-refractivity contribution in [3.8, 4) is 0 Å². The van der Waals surface area contributed by atoms with E-state index in [1.54, 1.807) is 0 Å². The van der Waals surface area contributed by atoms with Gasteiger partial charge in [0.15, 0.2) is 0 Å². The number of benzene rings is 1. The monoisotopic (exact) mass is 320 g/mol. The molecule has 1 aromatic carbocycles. The molecule has 2 aromatic rings. The van der Waals surface area contributed by atoms with Crippen LogP contribution in [0.1, 0.15) is 29.6 Å². The van der Waals surface area contributed by atoms with Crippen molar-refractivity contribution in [2.45, 2.75) is 26.7 Å². The Balaban J connectivity index is 2.32. The van der Waals surface area contributed by atoms with Gasteiger partial charge in [-0.25, -0.2) is 15.8 Å². The maximum atomic E-state index is 5.51. The van der Waals surface area contributed by atoms with Crippen LogP contribution in [0.4, 0.5) is 5.82 Å². The van der Waals surface area contributed by atoms with Crippen molar-refractivity contribution in [2.24, 2.45) is 5.84 Å². The second kappa shape index (κ2) is 6.12. The molecule has 0 amide bonds. The Labute approximate surface area is 121 Å². The first-order valence-corrected chi connectivity index (χ1v) is 7.00. The lowest BCUT2D eigenvalue weighted by Crippen LogP contribution is -2.14. The van der Waals surface area contributed by atoms with Crippen LogP contribution in [0.3, 0.4) is 0 Å². The highest BCUT2D eigenvalue weighted by Crippen LogP contribution is 2.18. The topological polar surface area (TPSA) is 63.8 Å². The van der Waals surface area contributed by atoms with Crippen LogP contribution in [0.2, 0.25) is 0 Å². The van der Waals surface area contributed by atoms with Gasteiger partial charge in [0.2, 0.25) is 0 Å². The molecule has 0 unspecified atom stereocenters. The summed E-state index contributed by atoms with van der Waals surface area (Å²) >= 11 is 3.43. The summed E-state index contributed by atoms with van der Waals surface area (Å²) in [7, 11) is 0. The maximum Gasteiger partial charge on any atom is 0.146 e. The molecule has 100 valence electrons. The van der Waals surface area contributed by atoms with E-state index in [4.69, 9.17) is 5.84 Å². The van der Waals surface area contributed by atoms with Crippen LogP contribution in [-0.2, 0) is 12.8 Å². The van der Waals surface area contributed by atoms with Gasteiger partial charge in [0.05, 0.1) is 0 Å². The zero-order chi connectivity index (χ0) is 13.8. The Hall–Kier alpha value is -1.46. The van der Waals surface area contributed by atoms with Gasteiger partial charge in [0.1, 0.15) is 11.6 Å². The van der Waals surface area contributed by atoms with E-state index in [2.05, 4.69) is 50.4 Å². The van der Waals surface area contributed by atoms with Gasteiger partial charge >= 0.3 is 0 Å². The zero-order valence-electron chi connectivity index (χ0n) is 11.1. The van der Waals surface area contributed by atoms with E-state index in [9.17, 15) is 0 Å². The second-order valence-corrected chi connectivity index (χ2v) is 5.28. The highest BCUT2D eigenvalue weighted by atomic mass is 79.9. The Kier molecular flexibility index (Phi) is 4.50. The number of nitrogens with one attached hydrogen (secondary N) is 1. The molecule has 5 heteroatoms. The lowest BCUT2D eigenvalue weighted by molar-refractivity contribution is 0.888. The molecule has 0 fully saturated rings. The molecule has 4 nitrogen and oxygen atoms in total. The number of rotatable bonds is 4. The van der Waals surface area contributed by atoms with Gasteiger partial charge in [-0.3, -0.25) is 0 Å². The normalized spacial score (nSPS) is 10.5. The van der Waals surface area contributed by atoms with E-state index in [-0.39, 0.29) is 0 Å². The third kappa shape index (κ3) is 3.30. The van der Waals surface area contributed by atoms with Crippen LogP contribution in [-0.4, -0.2) is 9.97 Å². The standard InChI is InChI=1S/C14H17BrN4/c1-3-12-9(2)14(19-16)18-13(17-12)8-10-4-6-11(15)7-5-10/h4-7H,3,8,16H2,1-2H3,(H,17,18,19). The highest BCUT2D eigenvalue weighted by molar-refractivity contribution is 9.10. The van der Waals surface area contributed by atoms with E-state index in [0.717, 1.165) is 28.0 Å². The molecular formula is C14H17BrN4. The summed E-state index contributed by atoms with van der Waals surface area (Å²) in [6.07, 6.45) is 1.58. The van der Waals surface area contributed by atoms with Gasteiger partial charge in [-0.05, 0) is 31.0 Å². The molecule has 0 atom stereocenters. The fourth-order valence-corrected chi connectivity index (χ4v) is 2.23. The summed E-state index contributed by atoms with van der Waals surface area (Å²) in [5.74, 6) is 7.01. The van der Waals surface area contributed by atoms with Gasteiger partial charge in [-0.15, -0.1) is 0 Å². The largest absolute Gasteiger partial charge is 0.308 e. The lowest BCUT2D eigenvalue weighted by Gasteiger charge is -2.11. The number of nitrogens with two attached hydrogens (primary N) is 1. The number of anilines is 1. The number of aryl methyl sites for hydroxylation is 1. The van der Waals surface area contributed by atoms with Crippen molar-refractivity contribution in [1.29, 1.82) is 0 Å². The third-order valence-electron chi connectivity index (χ3n) is 3.04. The van der Waals surface area contributed by atoms with E-state index in [0.29, 0.717) is 12.2 Å². The molecule has 1 aromatic heterocycles. The summed E-state index contributed by atoms with van der Waals surface area (Å²) in [6.45, 7) is 4.07. The third-order valence-corrected chi connectivity index (χ3v) is 3.57.